The molecular weight excluding hydrogens is 568 g/mol. The molecule has 0 aliphatic rings. The summed E-state index contributed by atoms with van der Waals surface area (Å²) in [6.45, 7) is 4.29. The average molecular weight is 633 g/mol. The van der Waals surface area contributed by atoms with Crippen molar-refractivity contribution in [3.8, 4) is 0 Å². The van der Waals surface area contributed by atoms with Gasteiger partial charge in [0.15, 0.2) is 0 Å². The molecule has 0 aromatic rings. The van der Waals surface area contributed by atoms with Crippen LogP contribution < -0.4 is 0 Å². The van der Waals surface area contributed by atoms with Crippen molar-refractivity contribution in [3.63, 3.8) is 0 Å². The molecule has 0 amide bonds. The first-order valence-electron chi connectivity index (χ1n) is 17.9. The minimum Gasteiger partial charge on any atom is -0.481 e. The minimum atomic E-state index is -0.729. The first-order valence-corrected chi connectivity index (χ1v) is 17.9. The predicted octanol–water partition coefficient (Wildman–Crippen LogP) is 12.4. The molecule has 0 saturated carbocycles. The summed E-state index contributed by atoms with van der Waals surface area (Å²) in [6.07, 6.45) is 55.4. The predicted molar refractivity (Wildman–Crippen MR) is 199 cm³/mol. The molecule has 0 spiro atoms. The maximum atomic E-state index is 12.6. The second-order valence-corrected chi connectivity index (χ2v) is 11.3. The van der Waals surface area contributed by atoms with Gasteiger partial charge in [0.2, 0.25) is 0 Å². The van der Waals surface area contributed by atoms with Crippen LogP contribution in [0.25, 0.3) is 0 Å². The van der Waals surface area contributed by atoms with Crippen LogP contribution in [-0.2, 0) is 14.3 Å². The smallest absolute Gasteiger partial charge is 0.306 e. The third-order valence-electron chi connectivity index (χ3n) is 6.97. The number of aliphatic carboxylic acids is 1. The number of esters is 1. The molecule has 0 radical (unpaired) electrons. The molecule has 0 fully saturated rings. The van der Waals surface area contributed by atoms with E-state index in [0.717, 1.165) is 109 Å². The summed E-state index contributed by atoms with van der Waals surface area (Å²) in [4.78, 5) is 23.3. The fourth-order valence-electron chi connectivity index (χ4n) is 4.42. The van der Waals surface area contributed by atoms with Gasteiger partial charge in [0.25, 0.3) is 0 Å². The van der Waals surface area contributed by atoms with E-state index in [1.165, 1.54) is 0 Å². The van der Waals surface area contributed by atoms with Crippen molar-refractivity contribution in [1.29, 1.82) is 0 Å². The zero-order valence-corrected chi connectivity index (χ0v) is 29.1. The van der Waals surface area contributed by atoms with Crippen LogP contribution in [0.3, 0.4) is 0 Å². The van der Waals surface area contributed by atoms with E-state index in [-0.39, 0.29) is 18.5 Å². The summed E-state index contributed by atoms with van der Waals surface area (Å²) in [5.41, 5.74) is 0. The van der Waals surface area contributed by atoms with Crippen molar-refractivity contribution >= 4 is 11.9 Å². The van der Waals surface area contributed by atoms with Crippen LogP contribution in [0.2, 0.25) is 0 Å². The van der Waals surface area contributed by atoms with Gasteiger partial charge >= 0.3 is 11.9 Å². The molecule has 1 atom stereocenters. The van der Waals surface area contributed by atoms with E-state index in [1.807, 2.05) is 6.08 Å². The van der Waals surface area contributed by atoms with Gasteiger partial charge in [0, 0.05) is 12.8 Å². The maximum Gasteiger partial charge on any atom is 0.306 e. The lowest BCUT2D eigenvalue weighted by Gasteiger charge is -2.14. The number of unbranched alkanes of at least 4 members (excludes halogenated alkanes) is 5. The van der Waals surface area contributed by atoms with E-state index < -0.39 is 5.97 Å². The average Bonchev–Trinajstić information content (AvgIpc) is 3.04. The van der Waals surface area contributed by atoms with Gasteiger partial charge in [0.05, 0.1) is 0 Å². The highest BCUT2D eigenvalue weighted by Gasteiger charge is 2.11. The molecule has 256 valence electrons. The molecule has 0 saturated heterocycles. The van der Waals surface area contributed by atoms with Crippen LogP contribution in [-0.4, -0.2) is 23.1 Å². The van der Waals surface area contributed by atoms with Gasteiger partial charge in [-0.2, -0.15) is 0 Å². The van der Waals surface area contributed by atoms with Crippen LogP contribution >= 0.6 is 0 Å². The third kappa shape index (κ3) is 35.1. The van der Waals surface area contributed by atoms with E-state index in [2.05, 4.69) is 117 Å². The molecule has 0 heterocycles. The molecule has 0 aromatic heterocycles. The normalized spacial score (nSPS) is 13.6. The molecule has 0 rings (SSSR count). The highest BCUT2D eigenvalue weighted by atomic mass is 16.5. The van der Waals surface area contributed by atoms with Gasteiger partial charge in [-0.15, -0.1) is 0 Å². The van der Waals surface area contributed by atoms with Gasteiger partial charge < -0.3 is 9.84 Å². The molecule has 0 aromatic carbocycles. The summed E-state index contributed by atoms with van der Waals surface area (Å²) >= 11 is 0. The van der Waals surface area contributed by atoms with E-state index in [4.69, 9.17) is 9.84 Å². The van der Waals surface area contributed by atoms with Crippen LogP contribution in [0.4, 0.5) is 0 Å². The molecule has 1 unspecified atom stereocenters. The van der Waals surface area contributed by atoms with Crippen LogP contribution in [0, 0.1) is 0 Å². The fraction of sp³-hybridized carbons (Fsp3) is 0.524. The van der Waals surface area contributed by atoms with Gasteiger partial charge in [-0.05, 0) is 96.0 Å². The Morgan fingerprint density at radius 1 is 0.500 bits per heavy atom. The maximum absolute atomic E-state index is 12.6. The number of allylic oxidation sites excluding steroid dienone is 17. The molecule has 0 aliphatic heterocycles. The number of hydrogen-bond acceptors (Lipinski definition) is 3. The number of hydrogen-bond donors (Lipinski definition) is 1. The Morgan fingerprint density at radius 3 is 1.39 bits per heavy atom. The Kier molecular flexibility index (Phi) is 33.4. The monoisotopic (exact) mass is 632 g/mol. The number of rotatable bonds is 30. The summed E-state index contributed by atoms with van der Waals surface area (Å²) in [5.74, 6) is -0.867. The number of carbonyl (C=O) groups excluding carboxylic acids is 1. The highest BCUT2D eigenvalue weighted by molar-refractivity contribution is 5.69. The largest absolute Gasteiger partial charge is 0.481 e. The zero-order valence-electron chi connectivity index (χ0n) is 29.1. The molecule has 4 nitrogen and oxygen atoms in total. The summed E-state index contributed by atoms with van der Waals surface area (Å²) < 4.78 is 5.84. The van der Waals surface area contributed by atoms with E-state index in [1.54, 1.807) is 0 Å². The Morgan fingerprint density at radius 2 is 0.913 bits per heavy atom. The zero-order chi connectivity index (χ0) is 33.6. The first kappa shape index (κ1) is 42.6. The Hall–Kier alpha value is -3.40. The van der Waals surface area contributed by atoms with Gasteiger partial charge in [-0.3, -0.25) is 9.59 Å². The van der Waals surface area contributed by atoms with Crippen molar-refractivity contribution in [3.05, 3.63) is 109 Å². The van der Waals surface area contributed by atoms with E-state index >= 15 is 0 Å². The Balaban J connectivity index is 4.36. The topological polar surface area (TPSA) is 63.6 Å². The van der Waals surface area contributed by atoms with Crippen LogP contribution in [0.5, 0.6) is 0 Å². The van der Waals surface area contributed by atoms with Gasteiger partial charge in [0.1, 0.15) is 6.10 Å². The second kappa shape index (κ2) is 36.1. The Labute approximate surface area is 282 Å². The van der Waals surface area contributed by atoms with Crippen molar-refractivity contribution in [1.82, 2.24) is 0 Å². The van der Waals surface area contributed by atoms with E-state index in [0.29, 0.717) is 6.42 Å². The number of carboxylic acid groups (broad SMARTS) is 1. The van der Waals surface area contributed by atoms with Gasteiger partial charge in [-0.1, -0.05) is 136 Å². The van der Waals surface area contributed by atoms with Crippen molar-refractivity contribution in [2.75, 3.05) is 0 Å². The van der Waals surface area contributed by atoms with Crippen LogP contribution in [0.15, 0.2) is 109 Å². The standard InChI is InChI=1S/C42H64O4/c1-3-5-7-9-11-13-15-16-17-18-19-20-22-24-26-31-35-39-42(45)46-40(37-33-29-27-30-34-38-41(43)44)36-32-28-25-23-21-14-12-10-8-6-4-2/h5-8,11-14,16-17,19-20,23-26,32,36,40H,3-4,9-10,15,18,21-22,27-31,33-35,37-39H2,1-2H3,(H,43,44)/b7-5-,8-6-,13-11-,14-12-,17-16-,20-19-,25-23-,26-24-,36-32-. The fourth-order valence-corrected chi connectivity index (χ4v) is 4.42. The molecule has 4 heteroatoms. The lowest BCUT2D eigenvalue weighted by molar-refractivity contribution is -0.147. The number of carbonyl (C=O) groups is 2. The summed E-state index contributed by atoms with van der Waals surface area (Å²) in [5, 5.41) is 8.79. The number of ether oxygens (including phenoxy) is 1. The third-order valence-corrected chi connectivity index (χ3v) is 6.97. The summed E-state index contributed by atoms with van der Waals surface area (Å²) in [7, 11) is 0. The first-order chi connectivity index (χ1) is 22.6. The summed E-state index contributed by atoms with van der Waals surface area (Å²) in [6, 6.07) is 0. The lowest BCUT2D eigenvalue weighted by atomic mass is 10.1. The van der Waals surface area contributed by atoms with Gasteiger partial charge in [-0.25, -0.2) is 0 Å². The molecule has 0 bridgehead atoms. The molecule has 1 N–H and O–H groups in total. The van der Waals surface area contributed by atoms with Crippen LogP contribution in [0.1, 0.15) is 136 Å². The van der Waals surface area contributed by atoms with Crippen molar-refractivity contribution in [2.24, 2.45) is 0 Å². The SMILES string of the molecule is CC/C=C\C/C=C\C/C=C\C/C=C\C/C=C\CCCC(=O)OC(/C=C\C/C=C\C/C=C\C/C=C\CC)CCCCCCCC(=O)O. The van der Waals surface area contributed by atoms with Crippen molar-refractivity contribution < 1.29 is 19.4 Å². The number of carboxylic acids is 1. The minimum absolute atomic E-state index is 0.138. The molecular formula is C42H64O4. The van der Waals surface area contributed by atoms with E-state index in [9.17, 15) is 9.59 Å². The molecule has 46 heavy (non-hydrogen) atoms. The second-order valence-electron chi connectivity index (χ2n) is 11.3. The quantitative estimate of drug-likeness (QED) is 0.0486. The molecule has 0 aliphatic carbocycles. The van der Waals surface area contributed by atoms with Crippen molar-refractivity contribution in [2.45, 2.75) is 142 Å². The lowest BCUT2D eigenvalue weighted by Crippen LogP contribution is -2.16. The highest BCUT2D eigenvalue weighted by Crippen LogP contribution is 2.14. The Bertz CT molecular complexity index is 987.